The Labute approximate surface area is 134 Å². The first-order valence-corrected chi connectivity index (χ1v) is 7.37. The maximum Gasteiger partial charge on any atom is 0.335 e. The van der Waals surface area contributed by atoms with E-state index in [2.05, 4.69) is 10.6 Å². The van der Waals surface area contributed by atoms with Gasteiger partial charge in [-0.05, 0) is 18.2 Å². The van der Waals surface area contributed by atoms with Crippen molar-refractivity contribution in [2.24, 2.45) is 0 Å². The molecular formula is C12H9ClN2O4S2. The zero-order valence-corrected chi connectivity index (χ0v) is 12.8. The van der Waals surface area contributed by atoms with Crippen molar-refractivity contribution in [2.75, 3.05) is 5.32 Å². The molecule has 6 nitrogen and oxygen atoms in total. The number of anilines is 1. The number of aromatic carboxylic acids is 1. The van der Waals surface area contributed by atoms with Gasteiger partial charge in [-0.15, -0.1) is 0 Å². The minimum absolute atomic E-state index is 0.00358. The maximum atomic E-state index is 11.9. The van der Waals surface area contributed by atoms with E-state index in [1.54, 1.807) is 0 Å². The van der Waals surface area contributed by atoms with Gasteiger partial charge in [-0.2, -0.15) is 0 Å². The standard InChI is InChI=1S/C12H9ClN2O4S2/c13-6-2-1-5(11(18)19)3-7(6)14-9(16)4-8-10(17)15-12(20)21-8/h1-3,8H,4H2,(H,14,16)(H,18,19)(H,15,17,20). The van der Waals surface area contributed by atoms with Crippen LogP contribution in [0.15, 0.2) is 18.2 Å². The number of carbonyl (C=O) groups is 3. The number of thiocarbonyl (C=S) groups is 1. The van der Waals surface area contributed by atoms with Gasteiger partial charge in [0.05, 0.1) is 21.5 Å². The summed E-state index contributed by atoms with van der Waals surface area (Å²) in [6.07, 6.45) is -0.0791. The zero-order chi connectivity index (χ0) is 15.6. The van der Waals surface area contributed by atoms with Crippen molar-refractivity contribution in [2.45, 2.75) is 11.7 Å². The van der Waals surface area contributed by atoms with Crippen molar-refractivity contribution in [3.8, 4) is 0 Å². The van der Waals surface area contributed by atoms with Gasteiger partial charge in [0.15, 0.2) is 0 Å². The molecule has 1 heterocycles. The quantitative estimate of drug-likeness (QED) is 0.722. The number of amides is 2. The molecule has 2 amide bonds. The van der Waals surface area contributed by atoms with E-state index in [-0.39, 0.29) is 28.6 Å². The van der Waals surface area contributed by atoms with Crippen molar-refractivity contribution in [3.05, 3.63) is 28.8 Å². The van der Waals surface area contributed by atoms with E-state index in [1.165, 1.54) is 18.2 Å². The minimum Gasteiger partial charge on any atom is -0.478 e. The Bertz CT molecular complexity index is 650. The number of carboxylic acid groups (broad SMARTS) is 1. The normalized spacial score (nSPS) is 17.5. The van der Waals surface area contributed by atoms with Gasteiger partial charge >= 0.3 is 5.97 Å². The van der Waals surface area contributed by atoms with Gasteiger partial charge in [-0.3, -0.25) is 9.59 Å². The molecular weight excluding hydrogens is 336 g/mol. The van der Waals surface area contributed by atoms with Gasteiger partial charge in [0.1, 0.15) is 4.32 Å². The van der Waals surface area contributed by atoms with Gasteiger partial charge in [0, 0.05) is 6.42 Å². The predicted molar refractivity (Wildman–Crippen MR) is 83.8 cm³/mol. The molecule has 110 valence electrons. The highest BCUT2D eigenvalue weighted by Crippen LogP contribution is 2.26. The van der Waals surface area contributed by atoms with Crippen LogP contribution in [0, 0.1) is 0 Å². The van der Waals surface area contributed by atoms with Crippen LogP contribution in [0.4, 0.5) is 5.69 Å². The third-order valence-corrected chi connectivity index (χ3v) is 4.33. The topological polar surface area (TPSA) is 95.5 Å². The van der Waals surface area contributed by atoms with Gasteiger partial charge in [0.2, 0.25) is 11.8 Å². The number of halogens is 1. The fraction of sp³-hybridized carbons (Fsp3) is 0.167. The predicted octanol–water partition coefficient (Wildman–Crippen LogP) is 1.88. The summed E-state index contributed by atoms with van der Waals surface area (Å²) in [5.74, 6) is -1.89. The van der Waals surface area contributed by atoms with Crippen LogP contribution in [0.1, 0.15) is 16.8 Å². The summed E-state index contributed by atoms with van der Waals surface area (Å²) in [6, 6.07) is 3.97. The Morgan fingerprint density at radius 3 is 2.76 bits per heavy atom. The highest BCUT2D eigenvalue weighted by Gasteiger charge is 2.31. The lowest BCUT2D eigenvalue weighted by Gasteiger charge is -2.09. The highest BCUT2D eigenvalue weighted by molar-refractivity contribution is 8.24. The Hall–Kier alpha value is -1.64. The Morgan fingerprint density at radius 2 is 2.19 bits per heavy atom. The van der Waals surface area contributed by atoms with Crippen LogP contribution < -0.4 is 10.6 Å². The molecule has 9 heteroatoms. The van der Waals surface area contributed by atoms with Gasteiger partial charge < -0.3 is 15.7 Å². The first-order chi connectivity index (χ1) is 9.86. The maximum absolute atomic E-state index is 11.9. The number of thioether (sulfide) groups is 1. The van der Waals surface area contributed by atoms with E-state index >= 15 is 0 Å². The van der Waals surface area contributed by atoms with Crippen molar-refractivity contribution in [1.29, 1.82) is 0 Å². The molecule has 21 heavy (non-hydrogen) atoms. The first-order valence-electron chi connectivity index (χ1n) is 5.71. The molecule has 0 saturated carbocycles. The number of hydrogen-bond donors (Lipinski definition) is 3. The lowest BCUT2D eigenvalue weighted by Crippen LogP contribution is -2.27. The second-order valence-corrected chi connectivity index (χ2v) is 6.42. The summed E-state index contributed by atoms with van der Waals surface area (Å²) in [7, 11) is 0. The first kappa shape index (κ1) is 15.7. The number of hydrogen-bond acceptors (Lipinski definition) is 5. The third kappa shape index (κ3) is 3.93. The third-order valence-electron chi connectivity index (χ3n) is 2.63. The monoisotopic (exact) mass is 344 g/mol. The molecule has 1 aliphatic rings. The van der Waals surface area contributed by atoms with Crippen molar-refractivity contribution >= 4 is 63.4 Å². The number of nitrogens with one attached hydrogen (secondary N) is 2. The summed E-state index contributed by atoms with van der Waals surface area (Å²) in [4.78, 5) is 34.3. The molecule has 0 aromatic heterocycles. The molecule has 0 aliphatic carbocycles. The van der Waals surface area contributed by atoms with Crippen molar-refractivity contribution < 1.29 is 19.5 Å². The zero-order valence-electron chi connectivity index (χ0n) is 10.4. The number of rotatable bonds is 4. The number of benzene rings is 1. The summed E-state index contributed by atoms with van der Waals surface area (Å²) in [6.45, 7) is 0. The van der Waals surface area contributed by atoms with Gasteiger partial charge in [-0.1, -0.05) is 35.6 Å². The Morgan fingerprint density at radius 1 is 1.48 bits per heavy atom. The van der Waals surface area contributed by atoms with Crippen LogP contribution in [0.25, 0.3) is 0 Å². The van der Waals surface area contributed by atoms with E-state index in [0.29, 0.717) is 4.32 Å². The number of carboxylic acids is 1. The van der Waals surface area contributed by atoms with Crippen LogP contribution in [-0.2, 0) is 9.59 Å². The van der Waals surface area contributed by atoms with Crippen LogP contribution in [0.5, 0.6) is 0 Å². The SMILES string of the molecule is O=C(CC1SC(=S)NC1=O)Nc1cc(C(=O)O)ccc1Cl. The molecule has 1 atom stereocenters. The Balaban J connectivity index is 2.06. The molecule has 1 aliphatic heterocycles. The fourth-order valence-electron chi connectivity index (χ4n) is 1.65. The second-order valence-electron chi connectivity index (χ2n) is 4.14. The highest BCUT2D eigenvalue weighted by atomic mass is 35.5. The lowest BCUT2D eigenvalue weighted by atomic mass is 10.2. The molecule has 0 spiro atoms. The molecule has 1 aromatic carbocycles. The summed E-state index contributed by atoms with van der Waals surface area (Å²) in [5, 5.41) is 13.5. The molecule has 0 radical (unpaired) electrons. The van der Waals surface area contributed by atoms with Crippen molar-refractivity contribution in [1.82, 2.24) is 5.32 Å². The molecule has 3 N–H and O–H groups in total. The van der Waals surface area contributed by atoms with Crippen LogP contribution in [0.3, 0.4) is 0 Å². The van der Waals surface area contributed by atoms with Crippen LogP contribution in [-0.4, -0.2) is 32.5 Å². The molecule has 0 bridgehead atoms. The molecule has 1 saturated heterocycles. The van der Waals surface area contributed by atoms with Gasteiger partial charge in [0.25, 0.3) is 0 Å². The second kappa shape index (κ2) is 6.42. The van der Waals surface area contributed by atoms with Gasteiger partial charge in [-0.25, -0.2) is 4.79 Å². The summed E-state index contributed by atoms with van der Waals surface area (Å²) >= 11 is 11.8. The molecule has 2 rings (SSSR count). The lowest BCUT2D eigenvalue weighted by molar-refractivity contribution is -0.122. The van der Waals surface area contributed by atoms with E-state index in [9.17, 15) is 14.4 Å². The van der Waals surface area contributed by atoms with E-state index in [0.717, 1.165) is 11.8 Å². The molecule has 1 unspecified atom stereocenters. The van der Waals surface area contributed by atoms with Crippen molar-refractivity contribution in [3.63, 3.8) is 0 Å². The fourth-order valence-corrected chi connectivity index (χ4v) is 3.08. The average molecular weight is 345 g/mol. The number of carbonyl (C=O) groups excluding carboxylic acids is 2. The van der Waals surface area contributed by atoms with E-state index in [1.807, 2.05) is 0 Å². The minimum atomic E-state index is -1.13. The largest absolute Gasteiger partial charge is 0.478 e. The summed E-state index contributed by atoms with van der Waals surface area (Å²) in [5.41, 5.74) is 0.191. The van der Waals surface area contributed by atoms with Crippen LogP contribution in [0.2, 0.25) is 5.02 Å². The average Bonchev–Trinajstić information content (AvgIpc) is 2.70. The van der Waals surface area contributed by atoms with E-state index in [4.69, 9.17) is 28.9 Å². The molecule has 1 aromatic rings. The van der Waals surface area contributed by atoms with E-state index < -0.39 is 17.1 Å². The summed E-state index contributed by atoms with van der Waals surface area (Å²) < 4.78 is 0.337. The Kier molecular flexibility index (Phi) is 4.81. The molecule has 1 fully saturated rings. The van der Waals surface area contributed by atoms with Crippen LogP contribution >= 0.6 is 35.6 Å². The smallest absolute Gasteiger partial charge is 0.335 e.